The molecule has 0 fully saturated rings. The Hall–Kier alpha value is -2.04. The molecule has 0 aliphatic heterocycles. The second kappa shape index (κ2) is 8.41. The second-order valence-electron chi connectivity index (χ2n) is 7.50. The molecule has 0 rings (SSSR count). The summed E-state index contributed by atoms with van der Waals surface area (Å²) in [6.45, 7) is 15.1. The fourth-order valence-electron chi connectivity index (χ4n) is 1.41. The molecule has 0 saturated heterocycles. The lowest BCUT2D eigenvalue weighted by Gasteiger charge is -2.33. The highest BCUT2D eigenvalue weighted by Crippen LogP contribution is 2.40. The van der Waals surface area contributed by atoms with Crippen molar-refractivity contribution in [3.8, 4) is 24.3 Å². The van der Waals surface area contributed by atoms with Crippen LogP contribution in [0.5, 0.6) is 0 Å². The number of rotatable bonds is 4. The maximum Gasteiger partial charge on any atom is 0.0689 e. The van der Waals surface area contributed by atoms with Gasteiger partial charge in [0.05, 0.1) is 35.1 Å². The van der Waals surface area contributed by atoms with Gasteiger partial charge in [-0.05, 0) is 46.0 Å². The molecule has 120 valence electrons. The molecule has 0 saturated carbocycles. The Balaban J connectivity index is 0. The van der Waals surface area contributed by atoms with Crippen LogP contribution in [0.25, 0.3) is 0 Å². The standard InChI is InChI=1S/2C9H14N2/c1-7(5-10)8(2)9(3,4)6-11;1-8(2,5-6-10)9(3,4)7-11/h7-8H,1-4H3;5H2,1-4H3. The van der Waals surface area contributed by atoms with Crippen LogP contribution < -0.4 is 0 Å². The Morgan fingerprint density at radius 3 is 1.55 bits per heavy atom. The summed E-state index contributed by atoms with van der Waals surface area (Å²) in [5.41, 5.74) is -1.05. The molecule has 0 aliphatic carbocycles. The van der Waals surface area contributed by atoms with Crippen molar-refractivity contribution in [2.75, 3.05) is 0 Å². The maximum absolute atomic E-state index is 8.80. The largest absolute Gasteiger partial charge is 0.198 e. The number of nitrogens with zero attached hydrogens (tertiary/aromatic N) is 4. The van der Waals surface area contributed by atoms with Crippen molar-refractivity contribution in [1.82, 2.24) is 0 Å². The SMILES string of the molecule is CC(C#N)C(C)C(C)(C)C#N.CC(C)(C#N)C(C)(C)CC#N. The van der Waals surface area contributed by atoms with Gasteiger partial charge in [0.25, 0.3) is 0 Å². The third kappa shape index (κ3) is 6.16. The predicted octanol–water partition coefficient (Wildman–Crippen LogP) is 4.81. The zero-order valence-electron chi connectivity index (χ0n) is 15.2. The Kier molecular flexibility index (Phi) is 8.51. The van der Waals surface area contributed by atoms with Crippen LogP contribution in [-0.2, 0) is 0 Å². The van der Waals surface area contributed by atoms with Gasteiger partial charge in [-0.3, -0.25) is 0 Å². The van der Waals surface area contributed by atoms with Crippen LogP contribution in [0.4, 0.5) is 0 Å². The van der Waals surface area contributed by atoms with Crippen LogP contribution in [0.2, 0.25) is 0 Å². The minimum Gasteiger partial charge on any atom is -0.198 e. The zero-order chi connectivity index (χ0) is 18.2. The third-order valence-electron chi connectivity index (χ3n) is 4.87. The highest BCUT2D eigenvalue weighted by molar-refractivity contribution is 5.04. The van der Waals surface area contributed by atoms with Crippen molar-refractivity contribution in [2.45, 2.75) is 61.8 Å². The quantitative estimate of drug-likeness (QED) is 0.744. The first-order valence-electron chi connectivity index (χ1n) is 7.42. The molecule has 0 heterocycles. The molecule has 0 aliphatic rings. The Morgan fingerprint density at radius 2 is 1.27 bits per heavy atom. The van der Waals surface area contributed by atoms with Gasteiger partial charge in [-0.15, -0.1) is 0 Å². The maximum atomic E-state index is 8.80. The smallest absolute Gasteiger partial charge is 0.0689 e. The topological polar surface area (TPSA) is 95.2 Å². The molecule has 2 unspecified atom stereocenters. The first-order valence-corrected chi connectivity index (χ1v) is 7.42. The number of nitriles is 4. The lowest BCUT2D eigenvalue weighted by molar-refractivity contribution is 0.180. The van der Waals surface area contributed by atoms with Crippen LogP contribution in [0.3, 0.4) is 0 Å². The Labute approximate surface area is 136 Å². The summed E-state index contributed by atoms with van der Waals surface area (Å²) in [5.74, 6) is 0.0714. The summed E-state index contributed by atoms with van der Waals surface area (Å²) in [7, 11) is 0. The zero-order valence-corrected chi connectivity index (χ0v) is 15.2. The first-order chi connectivity index (χ1) is 9.82. The summed E-state index contributed by atoms with van der Waals surface area (Å²) in [6.07, 6.45) is 0.424. The van der Waals surface area contributed by atoms with Gasteiger partial charge in [0.1, 0.15) is 0 Å². The van der Waals surface area contributed by atoms with Crippen molar-refractivity contribution >= 4 is 0 Å². The molecular weight excluding hydrogens is 272 g/mol. The molecule has 0 radical (unpaired) electrons. The van der Waals surface area contributed by atoms with Gasteiger partial charge in [0.2, 0.25) is 0 Å². The predicted molar refractivity (Wildman–Crippen MR) is 86.7 cm³/mol. The second-order valence-corrected chi connectivity index (χ2v) is 7.50. The summed E-state index contributed by atoms with van der Waals surface area (Å²) >= 11 is 0. The third-order valence-corrected chi connectivity index (χ3v) is 4.87. The van der Waals surface area contributed by atoms with Gasteiger partial charge in [-0.2, -0.15) is 21.0 Å². The van der Waals surface area contributed by atoms with E-state index in [-0.39, 0.29) is 17.3 Å². The molecule has 0 spiro atoms. The van der Waals surface area contributed by atoms with Crippen molar-refractivity contribution in [1.29, 1.82) is 21.0 Å². The lowest BCUT2D eigenvalue weighted by Crippen LogP contribution is -2.30. The average Bonchev–Trinajstić information content (AvgIpc) is 2.45. The van der Waals surface area contributed by atoms with E-state index in [1.807, 2.05) is 55.4 Å². The molecule has 0 aromatic carbocycles. The van der Waals surface area contributed by atoms with Gasteiger partial charge < -0.3 is 0 Å². The van der Waals surface area contributed by atoms with E-state index in [9.17, 15) is 0 Å². The van der Waals surface area contributed by atoms with Gasteiger partial charge in [-0.1, -0.05) is 20.8 Å². The van der Waals surface area contributed by atoms with E-state index in [1.165, 1.54) is 0 Å². The van der Waals surface area contributed by atoms with Crippen molar-refractivity contribution in [3.05, 3.63) is 0 Å². The van der Waals surface area contributed by atoms with Crippen LogP contribution in [0, 0.1) is 73.4 Å². The van der Waals surface area contributed by atoms with Gasteiger partial charge in [0.15, 0.2) is 0 Å². The van der Waals surface area contributed by atoms with E-state index >= 15 is 0 Å². The normalized spacial score (nSPS) is 14.0. The van der Waals surface area contributed by atoms with Crippen LogP contribution in [0.15, 0.2) is 0 Å². The van der Waals surface area contributed by atoms with E-state index in [4.69, 9.17) is 21.0 Å². The van der Waals surface area contributed by atoms with Crippen molar-refractivity contribution < 1.29 is 0 Å². The molecule has 2 atom stereocenters. The number of hydrogen-bond acceptors (Lipinski definition) is 4. The Morgan fingerprint density at radius 1 is 0.818 bits per heavy atom. The fraction of sp³-hybridized carbons (Fsp3) is 0.778. The van der Waals surface area contributed by atoms with Crippen LogP contribution >= 0.6 is 0 Å². The molecule has 0 aromatic rings. The molecule has 22 heavy (non-hydrogen) atoms. The fourth-order valence-corrected chi connectivity index (χ4v) is 1.41. The summed E-state index contributed by atoms with van der Waals surface area (Å²) in [4.78, 5) is 0. The highest BCUT2D eigenvalue weighted by atomic mass is 14.4. The summed E-state index contributed by atoms with van der Waals surface area (Å²) < 4.78 is 0. The molecule has 0 N–H and O–H groups in total. The van der Waals surface area contributed by atoms with E-state index in [0.717, 1.165) is 0 Å². The van der Waals surface area contributed by atoms with E-state index < -0.39 is 10.8 Å². The molecule has 4 heteroatoms. The van der Waals surface area contributed by atoms with Crippen LogP contribution in [0.1, 0.15) is 61.8 Å². The van der Waals surface area contributed by atoms with Crippen molar-refractivity contribution in [2.24, 2.45) is 28.1 Å². The minimum atomic E-state index is -0.428. The van der Waals surface area contributed by atoms with Crippen molar-refractivity contribution in [3.63, 3.8) is 0 Å². The van der Waals surface area contributed by atoms with Gasteiger partial charge in [-0.25, -0.2) is 0 Å². The minimum absolute atomic E-state index is 0.0513. The monoisotopic (exact) mass is 300 g/mol. The number of hydrogen-bond donors (Lipinski definition) is 0. The summed E-state index contributed by atoms with van der Waals surface area (Å²) in [5, 5.41) is 34.7. The first kappa shape index (κ1) is 22.2. The lowest BCUT2D eigenvalue weighted by atomic mass is 9.67. The average molecular weight is 300 g/mol. The van der Waals surface area contributed by atoms with Crippen LogP contribution in [-0.4, -0.2) is 0 Å². The van der Waals surface area contributed by atoms with Gasteiger partial charge in [0, 0.05) is 12.3 Å². The Bertz CT molecular complexity index is 515. The van der Waals surface area contributed by atoms with E-state index in [2.05, 4.69) is 24.3 Å². The molecule has 0 bridgehead atoms. The van der Waals surface area contributed by atoms with E-state index in [1.54, 1.807) is 0 Å². The van der Waals surface area contributed by atoms with E-state index in [0.29, 0.717) is 6.42 Å². The molecule has 0 amide bonds. The van der Waals surface area contributed by atoms with Gasteiger partial charge >= 0.3 is 0 Å². The highest BCUT2D eigenvalue weighted by Gasteiger charge is 2.36. The molecule has 4 nitrogen and oxygen atoms in total. The summed E-state index contributed by atoms with van der Waals surface area (Å²) in [6, 6.07) is 8.67. The molecule has 0 aromatic heterocycles. The molecular formula is C18H28N4.